The van der Waals surface area contributed by atoms with Gasteiger partial charge < -0.3 is 5.32 Å². The summed E-state index contributed by atoms with van der Waals surface area (Å²) in [6.45, 7) is 4.09. The van der Waals surface area contributed by atoms with E-state index >= 15 is 0 Å². The van der Waals surface area contributed by atoms with Crippen LogP contribution >= 0.6 is 0 Å². The summed E-state index contributed by atoms with van der Waals surface area (Å²) in [5, 5.41) is 2.88. The fourth-order valence-electron chi connectivity index (χ4n) is 3.28. The van der Waals surface area contributed by atoms with E-state index in [0.29, 0.717) is 18.5 Å². The third-order valence-corrected chi connectivity index (χ3v) is 6.75. The summed E-state index contributed by atoms with van der Waals surface area (Å²) in [5.74, 6) is -0.842. The lowest BCUT2D eigenvalue weighted by Gasteiger charge is -2.33. The van der Waals surface area contributed by atoms with Gasteiger partial charge in [0.15, 0.2) is 0 Å². The predicted octanol–water partition coefficient (Wildman–Crippen LogP) is 3.62. The van der Waals surface area contributed by atoms with Crippen molar-refractivity contribution in [3.8, 4) is 0 Å². The van der Waals surface area contributed by atoms with Crippen molar-refractivity contribution in [2.75, 3.05) is 11.9 Å². The molecule has 1 amide bonds. The summed E-state index contributed by atoms with van der Waals surface area (Å²) in [7, 11) is -3.88. The molecule has 27 heavy (non-hydrogen) atoms. The Morgan fingerprint density at radius 3 is 2.52 bits per heavy atom. The Labute approximate surface area is 159 Å². The number of aryl methyl sites for hydroxylation is 2. The largest absolute Gasteiger partial charge is 0.324 e. The Morgan fingerprint density at radius 2 is 1.81 bits per heavy atom. The Balaban J connectivity index is 1.87. The first kappa shape index (κ1) is 19.5. The van der Waals surface area contributed by atoms with Crippen molar-refractivity contribution in [1.82, 2.24) is 4.31 Å². The number of hydrogen-bond donors (Lipinski definition) is 1. The zero-order valence-corrected chi connectivity index (χ0v) is 16.2. The highest BCUT2D eigenvalue weighted by molar-refractivity contribution is 7.89. The Kier molecular flexibility index (Phi) is 5.62. The molecule has 1 N–H and O–H groups in total. The van der Waals surface area contributed by atoms with Crippen molar-refractivity contribution in [3.63, 3.8) is 0 Å². The molecule has 7 heteroatoms. The second-order valence-corrected chi connectivity index (χ2v) is 8.78. The van der Waals surface area contributed by atoms with E-state index in [1.807, 2.05) is 32.0 Å². The first-order valence-electron chi connectivity index (χ1n) is 8.94. The first-order valence-corrected chi connectivity index (χ1v) is 10.4. The first-order chi connectivity index (χ1) is 12.8. The molecule has 5 nitrogen and oxygen atoms in total. The van der Waals surface area contributed by atoms with Gasteiger partial charge in [0.25, 0.3) is 0 Å². The molecule has 1 fully saturated rings. The van der Waals surface area contributed by atoms with Crippen LogP contribution in [0.3, 0.4) is 0 Å². The van der Waals surface area contributed by atoms with Gasteiger partial charge in [-0.1, -0.05) is 18.6 Å². The van der Waals surface area contributed by atoms with Gasteiger partial charge in [0.2, 0.25) is 15.9 Å². The molecule has 0 aromatic heterocycles. The fourth-order valence-corrected chi connectivity index (χ4v) is 4.94. The van der Waals surface area contributed by atoms with E-state index < -0.39 is 21.9 Å². The lowest BCUT2D eigenvalue weighted by Crippen LogP contribution is -2.49. The quantitative estimate of drug-likeness (QED) is 0.867. The van der Waals surface area contributed by atoms with Crippen LogP contribution in [0.4, 0.5) is 10.1 Å². The molecule has 1 aliphatic heterocycles. The second kappa shape index (κ2) is 7.78. The van der Waals surface area contributed by atoms with E-state index in [9.17, 15) is 17.6 Å². The van der Waals surface area contributed by atoms with Crippen molar-refractivity contribution < 1.29 is 17.6 Å². The minimum Gasteiger partial charge on any atom is -0.324 e. The van der Waals surface area contributed by atoms with Crippen molar-refractivity contribution >= 4 is 21.6 Å². The number of hydrogen-bond acceptors (Lipinski definition) is 3. The van der Waals surface area contributed by atoms with Crippen molar-refractivity contribution in [2.24, 2.45) is 0 Å². The molecule has 0 spiro atoms. The predicted molar refractivity (Wildman–Crippen MR) is 102 cm³/mol. The number of nitrogens with zero attached hydrogens (tertiary/aromatic N) is 1. The maximum atomic E-state index is 13.2. The lowest BCUT2D eigenvalue weighted by molar-refractivity contribution is -0.120. The van der Waals surface area contributed by atoms with Crippen molar-refractivity contribution in [2.45, 2.75) is 44.0 Å². The highest BCUT2D eigenvalue weighted by Crippen LogP contribution is 2.27. The fraction of sp³-hybridized carbons (Fsp3) is 0.350. The van der Waals surface area contributed by atoms with E-state index in [0.717, 1.165) is 29.7 Å². The molecular formula is C20H23FN2O3S. The number of rotatable bonds is 4. The summed E-state index contributed by atoms with van der Waals surface area (Å²) >= 11 is 0. The minimum absolute atomic E-state index is 0.00432. The van der Waals surface area contributed by atoms with Crippen LogP contribution in [0.5, 0.6) is 0 Å². The molecule has 1 atom stereocenters. The van der Waals surface area contributed by atoms with Crippen LogP contribution in [0.2, 0.25) is 0 Å². The number of sulfonamides is 1. The van der Waals surface area contributed by atoms with E-state index in [1.165, 1.54) is 16.4 Å². The lowest BCUT2D eigenvalue weighted by atomic mass is 10.0. The second-order valence-electron chi connectivity index (χ2n) is 6.89. The van der Waals surface area contributed by atoms with Gasteiger partial charge in [-0.2, -0.15) is 4.31 Å². The van der Waals surface area contributed by atoms with Gasteiger partial charge in [-0.3, -0.25) is 4.79 Å². The summed E-state index contributed by atoms with van der Waals surface area (Å²) in [5.41, 5.74) is 2.61. The summed E-state index contributed by atoms with van der Waals surface area (Å²) in [4.78, 5) is 12.9. The van der Waals surface area contributed by atoms with Gasteiger partial charge >= 0.3 is 0 Å². The van der Waals surface area contributed by atoms with Gasteiger partial charge in [0, 0.05) is 12.2 Å². The van der Waals surface area contributed by atoms with Gasteiger partial charge in [0.1, 0.15) is 11.9 Å². The highest BCUT2D eigenvalue weighted by Gasteiger charge is 2.37. The van der Waals surface area contributed by atoms with Gasteiger partial charge in [-0.15, -0.1) is 0 Å². The number of halogens is 1. The highest BCUT2D eigenvalue weighted by atomic mass is 32.2. The van der Waals surface area contributed by atoms with Gasteiger partial charge in [-0.25, -0.2) is 12.8 Å². The van der Waals surface area contributed by atoms with Crippen LogP contribution in [-0.2, 0) is 14.8 Å². The molecule has 3 rings (SSSR count). The summed E-state index contributed by atoms with van der Waals surface area (Å²) in [6, 6.07) is 9.65. The summed E-state index contributed by atoms with van der Waals surface area (Å²) in [6.07, 6.45) is 1.92. The van der Waals surface area contributed by atoms with Crippen LogP contribution in [-0.4, -0.2) is 31.2 Å². The maximum Gasteiger partial charge on any atom is 0.243 e. The Hall–Kier alpha value is -2.25. The van der Waals surface area contributed by atoms with Gasteiger partial charge in [-0.05, 0) is 68.1 Å². The number of benzene rings is 2. The molecule has 1 aliphatic rings. The molecule has 144 valence electrons. The van der Waals surface area contributed by atoms with E-state index in [2.05, 4.69) is 5.32 Å². The molecule has 0 unspecified atom stereocenters. The molecule has 2 aromatic carbocycles. The molecule has 0 aliphatic carbocycles. The number of nitrogens with one attached hydrogen (secondary N) is 1. The van der Waals surface area contributed by atoms with E-state index in [1.54, 1.807) is 0 Å². The molecule has 1 saturated heterocycles. The number of amides is 1. The molecule has 2 aromatic rings. The molecular weight excluding hydrogens is 367 g/mol. The van der Waals surface area contributed by atoms with Crippen molar-refractivity contribution in [1.29, 1.82) is 0 Å². The smallest absolute Gasteiger partial charge is 0.243 e. The number of carbonyl (C=O) groups excluding carboxylic acids is 1. The molecule has 1 heterocycles. The normalized spacial score (nSPS) is 18.3. The minimum atomic E-state index is -3.88. The van der Waals surface area contributed by atoms with Crippen LogP contribution < -0.4 is 5.32 Å². The zero-order chi connectivity index (χ0) is 19.6. The van der Waals surface area contributed by atoms with Gasteiger partial charge in [0.05, 0.1) is 4.90 Å². The third-order valence-electron chi connectivity index (χ3n) is 4.83. The Bertz CT molecular complexity index is 942. The Morgan fingerprint density at radius 1 is 1.11 bits per heavy atom. The van der Waals surface area contributed by atoms with Crippen LogP contribution in [0.1, 0.15) is 30.4 Å². The van der Waals surface area contributed by atoms with Crippen LogP contribution in [0.15, 0.2) is 47.4 Å². The average molecular weight is 390 g/mol. The zero-order valence-electron chi connectivity index (χ0n) is 15.4. The van der Waals surface area contributed by atoms with Crippen LogP contribution in [0.25, 0.3) is 0 Å². The number of anilines is 1. The van der Waals surface area contributed by atoms with E-state index in [4.69, 9.17) is 0 Å². The number of carbonyl (C=O) groups is 1. The SMILES string of the molecule is Cc1ccc(C)c(NC(=O)[C@@H]2CCCCN2S(=O)(=O)c2ccc(F)cc2)c1. The molecule has 0 saturated carbocycles. The topological polar surface area (TPSA) is 66.5 Å². The number of piperidine rings is 1. The standard InChI is InChI=1S/C20H23FN2O3S/c1-14-6-7-15(2)18(13-14)22-20(24)19-5-3-4-12-23(19)27(25,26)17-10-8-16(21)9-11-17/h6-11,13,19H,3-5,12H2,1-2H3,(H,22,24)/t19-/m0/s1. The maximum absolute atomic E-state index is 13.2. The summed E-state index contributed by atoms with van der Waals surface area (Å²) < 4.78 is 40.4. The molecule has 0 bridgehead atoms. The van der Waals surface area contributed by atoms with E-state index in [-0.39, 0.29) is 17.3 Å². The van der Waals surface area contributed by atoms with Crippen molar-refractivity contribution in [3.05, 3.63) is 59.4 Å². The third kappa shape index (κ3) is 4.20. The molecule has 0 radical (unpaired) electrons. The van der Waals surface area contributed by atoms with Crippen LogP contribution in [0, 0.1) is 19.7 Å². The average Bonchev–Trinajstić information content (AvgIpc) is 2.65. The monoisotopic (exact) mass is 390 g/mol.